The molecule has 0 aliphatic rings. The highest BCUT2D eigenvalue weighted by molar-refractivity contribution is 7.92. The van der Waals surface area contributed by atoms with Crippen LogP contribution in [-0.2, 0) is 22.7 Å². The number of sulfonamides is 1. The standard InChI is InChI=1S/C16H12F3N5O4S/c17-16(18,19)12-5-3-4-11(8-12)9-23-10-20-15(21-23)22-29(27,28)14-7-2-1-6-13(14)24(25)26/h1-8,10H,9H2,(H,21,22). The Morgan fingerprint density at radius 1 is 1.14 bits per heavy atom. The number of alkyl halides is 3. The Bertz CT molecular complexity index is 1160. The average Bonchev–Trinajstić information content (AvgIpc) is 3.07. The summed E-state index contributed by atoms with van der Waals surface area (Å²) in [4.78, 5) is 13.4. The smallest absolute Gasteiger partial charge is 0.258 e. The van der Waals surface area contributed by atoms with Gasteiger partial charge in [0.2, 0.25) is 0 Å². The number of nitro benzene ring substituents is 1. The summed E-state index contributed by atoms with van der Waals surface area (Å²) in [7, 11) is -4.35. The maximum absolute atomic E-state index is 12.8. The van der Waals surface area contributed by atoms with Crippen LogP contribution in [0.25, 0.3) is 0 Å². The first-order valence-corrected chi connectivity index (χ1v) is 9.36. The van der Waals surface area contributed by atoms with Crippen molar-refractivity contribution in [2.24, 2.45) is 0 Å². The summed E-state index contributed by atoms with van der Waals surface area (Å²) in [6.07, 6.45) is -3.37. The van der Waals surface area contributed by atoms with Crippen LogP contribution < -0.4 is 4.72 Å². The van der Waals surface area contributed by atoms with Gasteiger partial charge in [-0.05, 0) is 23.8 Å². The molecular weight excluding hydrogens is 415 g/mol. The molecule has 29 heavy (non-hydrogen) atoms. The maximum Gasteiger partial charge on any atom is 0.416 e. The van der Waals surface area contributed by atoms with Crippen LogP contribution in [0.2, 0.25) is 0 Å². The lowest BCUT2D eigenvalue weighted by atomic mass is 10.1. The molecule has 0 aliphatic heterocycles. The van der Waals surface area contributed by atoms with Crippen molar-refractivity contribution in [3.63, 3.8) is 0 Å². The van der Waals surface area contributed by atoms with E-state index in [1.54, 1.807) is 0 Å². The zero-order valence-corrected chi connectivity index (χ0v) is 15.2. The van der Waals surface area contributed by atoms with E-state index < -0.39 is 37.3 Å². The lowest BCUT2D eigenvalue weighted by molar-refractivity contribution is -0.387. The Hall–Kier alpha value is -3.48. The van der Waals surface area contributed by atoms with E-state index in [2.05, 4.69) is 10.1 Å². The summed E-state index contributed by atoms with van der Waals surface area (Å²) in [5, 5.41) is 14.9. The SMILES string of the molecule is O=[N+]([O-])c1ccccc1S(=O)(=O)Nc1ncn(Cc2cccc(C(F)(F)F)c2)n1. The Morgan fingerprint density at radius 3 is 2.55 bits per heavy atom. The molecule has 0 radical (unpaired) electrons. The van der Waals surface area contributed by atoms with Gasteiger partial charge in [-0.15, -0.1) is 5.10 Å². The summed E-state index contributed by atoms with van der Waals surface area (Å²) in [5.41, 5.74) is -1.17. The molecule has 9 nitrogen and oxygen atoms in total. The lowest BCUT2D eigenvalue weighted by Gasteiger charge is -2.08. The van der Waals surface area contributed by atoms with Crippen LogP contribution >= 0.6 is 0 Å². The monoisotopic (exact) mass is 427 g/mol. The van der Waals surface area contributed by atoms with Gasteiger partial charge >= 0.3 is 6.18 Å². The molecular formula is C16H12F3N5O4S. The number of benzene rings is 2. The summed E-state index contributed by atoms with van der Waals surface area (Å²) in [5.74, 6) is -0.380. The van der Waals surface area contributed by atoms with Crippen LogP contribution in [0.3, 0.4) is 0 Å². The first kappa shape index (κ1) is 20.3. The van der Waals surface area contributed by atoms with Gasteiger partial charge in [0, 0.05) is 6.07 Å². The van der Waals surface area contributed by atoms with E-state index in [1.807, 2.05) is 4.72 Å². The number of nitrogens with zero attached hydrogens (tertiary/aromatic N) is 4. The fourth-order valence-electron chi connectivity index (χ4n) is 2.46. The Balaban J connectivity index is 1.80. The summed E-state index contributed by atoms with van der Waals surface area (Å²) >= 11 is 0. The predicted octanol–water partition coefficient (Wildman–Crippen LogP) is 3.05. The highest BCUT2D eigenvalue weighted by Gasteiger charge is 2.30. The van der Waals surface area contributed by atoms with Gasteiger partial charge < -0.3 is 0 Å². The number of para-hydroxylation sites is 1. The number of nitro groups is 1. The van der Waals surface area contributed by atoms with Crippen molar-refractivity contribution < 1.29 is 26.5 Å². The maximum atomic E-state index is 12.8. The number of aromatic nitrogens is 3. The molecule has 1 aromatic heterocycles. The largest absolute Gasteiger partial charge is 0.416 e. The molecule has 0 amide bonds. The van der Waals surface area contributed by atoms with E-state index in [0.717, 1.165) is 35.3 Å². The van der Waals surface area contributed by atoms with Crippen molar-refractivity contribution in [2.45, 2.75) is 17.6 Å². The first-order valence-electron chi connectivity index (χ1n) is 7.88. The van der Waals surface area contributed by atoms with Crippen LogP contribution in [0.5, 0.6) is 0 Å². The summed E-state index contributed by atoms with van der Waals surface area (Å²) in [6.45, 7) is -0.0931. The van der Waals surface area contributed by atoms with Gasteiger partial charge in [0.1, 0.15) is 6.33 Å². The van der Waals surface area contributed by atoms with Gasteiger partial charge in [0.05, 0.1) is 17.0 Å². The van der Waals surface area contributed by atoms with Gasteiger partial charge in [-0.3, -0.25) is 10.1 Å². The minimum Gasteiger partial charge on any atom is -0.258 e. The van der Waals surface area contributed by atoms with Crippen LogP contribution in [0.15, 0.2) is 59.8 Å². The number of hydrogen-bond donors (Lipinski definition) is 1. The third kappa shape index (κ3) is 4.68. The molecule has 13 heteroatoms. The van der Waals surface area contributed by atoms with E-state index in [4.69, 9.17) is 0 Å². The number of rotatable bonds is 6. The van der Waals surface area contributed by atoms with E-state index in [-0.39, 0.29) is 18.1 Å². The van der Waals surface area contributed by atoms with E-state index >= 15 is 0 Å². The Morgan fingerprint density at radius 2 is 1.86 bits per heavy atom. The van der Waals surface area contributed by atoms with Crippen molar-refractivity contribution in [3.05, 3.63) is 76.1 Å². The minimum atomic E-state index is -4.50. The van der Waals surface area contributed by atoms with Crippen LogP contribution in [0.4, 0.5) is 24.8 Å². The molecule has 0 saturated heterocycles. The second kappa shape index (κ2) is 7.50. The second-order valence-electron chi connectivity index (χ2n) is 5.79. The zero-order valence-electron chi connectivity index (χ0n) is 14.4. The molecule has 0 bridgehead atoms. The second-order valence-corrected chi connectivity index (χ2v) is 7.45. The molecule has 0 spiro atoms. The highest BCUT2D eigenvalue weighted by Crippen LogP contribution is 2.29. The molecule has 0 saturated carbocycles. The third-order valence-electron chi connectivity index (χ3n) is 3.71. The van der Waals surface area contributed by atoms with Crippen molar-refractivity contribution in [1.29, 1.82) is 0 Å². The van der Waals surface area contributed by atoms with Crippen LogP contribution in [-0.4, -0.2) is 28.1 Å². The average molecular weight is 427 g/mol. The van der Waals surface area contributed by atoms with Gasteiger partial charge in [-0.1, -0.05) is 24.3 Å². The van der Waals surface area contributed by atoms with Gasteiger partial charge in [0.15, 0.2) is 4.90 Å². The molecule has 0 atom stereocenters. The van der Waals surface area contributed by atoms with Crippen LogP contribution in [0.1, 0.15) is 11.1 Å². The van der Waals surface area contributed by atoms with Crippen molar-refractivity contribution in [2.75, 3.05) is 4.72 Å². The fraction of sp³-hybridized carbons (Fsp3) is 0.125. The fourth-order valence-corrected chi connectivity index (χ4v) is 3.58. The van der Waals surface area contributed by atoms with E-state index in [1.165, 1.54) is 24.3 Å². The summed E-state index contributed by atoms with van der Waals surface area (Å²) in [6, 6.07) is 9.30. The topological polar surface area (TPSA) is 120 Å². The quantitative estimate of drug-likeness (QED) is 0.477. The molecule has 152 valence electrons. The molecule has 2 aromatic carbocycles. The Labute approximate surface area is 162 Å². The molecule has 0 fully saturated rings. The molecule has 1 N–H and O–H groups in total. The zero-order chi connectivity index (χ0) is 21.2. The van der Waals surface area contributed by atoms with Crippen molar-refractivity contribution in [1.82, 2.24) is 14.8 Å². The summed E-state index contributed by atoms with van der Waals surface area (Å²) < 4.78 is 66.4. The number of hydrogen-bond acceptors (Lipinski definition) is 6. The Kier molecular flexibility index (Phi) is 5.24. The molecule has 3 aromatic rings. The minimum absolute atomic E-state index is 0.0931. The molecule has 0 aliphatic carbocycles. The van der Waals surface area contributed by atoms with Gasteiger partial charge in [-0.2, -0.15) is 18.2 Å². The lowest BCUT2D eigenvalue weighted by Crippen LogP contribution is -2.16. The normalized spacial score (nSPS) is 12.0. The van der Waals surface area contributed by atoms with Crippen LogP contribution in [0, 0.1) is 10.1 Å². The van der Waals surface area contributed by atoms with Crippen molar-refractivity contribution >= 4 is 21.7 Å². The first-order chi connectivity index (χ1) is 13.6. The molecule has 3 rings (SSSR count). The molecule has 0 unspecified atom stereocenters. The molecule has 1 heterocycles. The van der Waals surface area contributed by atoms with Crippen molar-refractivity contribution in [3.8, 4) is 0 Å². The third-order valence-corrected chi connectivity index (χ3v) is 5.09. The number of nitrogens with one attached hydrogen (secondary N) is 1. The highest BCUT2D eigenvalue weighted by atomic mass is 32.2. The predicted molar refractivity (Wildman–Crippen MR) is 94.5 cm³/mol. The van der Waals surface area contributed by atoms with E-state index in [0.29, 0.717) is 0 Å². The number of anilines is 1. The van der Waals surface area contributed by atoms with Gasteiger partial charge in [-0.25, -0.2) is 17.8 Å². The number of halogens is 3. The van der Waals surface area contributed by atoms with Gasteiger partial charge in [0.25, 0.3) is 21.7 Å². The van der Waals surface area contributed by atoms with E-state index in [9.17, 15) is 31.7 Å².